The molecule has 0 spiro atoms. The van der Waals surface area contributed by atoms with E-state index < -0.39 is 0 Å². The van der Waals surface area contributed by atoms with Gasteiger partial charge >= 0.3 is 0 Å². The van der Waals surface area contributed by atoms with Crippen molar-refractivity contribution >= 4 is 46.7 Å². The average Bonchev–Trinajstić information content (AvgIpc) is 2.86. The standard InChI is InChI=1S/C17H24ClN3OS.ClH/c1-13-16(23-17(22)19-13)6-3-7-20-8-10-21(11-9-20)15-5-2-4-14(18)12-15;/h2,4-5,12-13,16H,3,6-11H2,1H3,(H,19,22);1H. The van der Waals surface area contributed by atoms with Gasteiger partial charge in [-0.15, -0.1) is 12.4 Å². The van der Waals surface area contributed by atoms with E-state index in [0.717, 1.165) is 50.6 Å². The molecule has 0 aliphatic carbocycles. The third-order valence-corrected chi connectivity index (χ3v) is 6.18. The third kappa shape index (κ3) is 5.19. The summed E-state index contributed by atoms with van der Waals surface area (Å²) in [6, 6.07) is 8.42. The molecule has 1 aromatic carbocycles. The van der Waals surface area contributed by atoms with Crippen molar-refractivity contribution in [1.82, 2.24) is 10.2 Å². The monoisotopic (exact) mass is 389 g/mol. The number of carbonyl (C=O) groups excluding carboxylic acids is 1. The molecule has 2 atom stereocenters. The topological polar surface area (TPSA) is 35.6 Å². The number of thioether (sulfide) groups is 1. The zero-order valence-electron chi connectivity index (χ0n) is 13.9. The molecule has 0 saturated carbocycles. The molecule has 0 bridgehead atoms. The van der Waals surface area contributed by atoms with Crippen molar-refractivity contribution in [3.63, 3.8) is 0 Å². The first-order valence-corrected chi connectivity index (χ1v) is 9.57. The molecule has 0 radical (unpaired) electrons. The first kappa shape index (κ1) is 19.7. The van der Waals surface area contributed by atoms with E-state index in [1.165, 1.54) is 17.4 Å². The number of hydrogen-bond acceptors (Lipinski definition) is 4. The SMILES string of the molecule is CC1NC(=O)SC1CCCN1CCN(c2cccc(Cl)c2)CC1.Cl. The lowest BCUT2D eigenvalue weighted by Gasteiger charge is -2.36. The Bertz CT molecular complexity index is 552. The van der Waals surface area contributed by atoms with Crippen molar-refractivity contribution in [3.8, 4) is 0 Å². The van der Waals surface area contributed by atoms with Crippen LogP contribution in [0, 0.1) is 0 Å². The third-order valence-electron chi connectivity index (χ3n) is 4.67. The van der Waals surface area contributed by atoms with Crippen LogP contribution in [0.3, 0.4) is 0 Å². The molecule has 2 aliphatic heterocycles. The molecule has 0 aromatic heterocycles. The number of halogens is 2. The van der Waals surface area contributed by atoms with Gasteiger partial charge in [-0.1, -0.05) is 29.4 Å². The number of carbonyl (C=O) groups is 1. The number of benzene rings is 1. The fourth-order valence-corrected chi connectivity index (χ4v) is 4.55. The molecule has 2 fully saturated rings. The van der Waals surface area contributed by atoms with Crippen molar-refractivity contribution in [3.05, 3.63) is 29.3 Å². The maximum atomic E-state index is 11.4. The molecular weight excluding hydrogens is 365 g/mol. The summed E-state index contributed by atoms with van der Waals surface area (Å²) >= 11 is 7.55. The van der Waals surface area contributed by atoms with Gasteiger partial charge in [-0.25, -0.2) is 0 Å². The number of nitrogens with zero attached hydrogens (tertiary/aromatic N) is 2. The Kier molecular flexibility index (Phi) is 7.54. The Balaban J connectivity index is 0.00000208. The number of rotatable bonds is 5. The van der Waals surface area contributed by atoms with Gasteiger partial charge in [0.05, 0.1) is 0 Å². The maximum Gasteiger partial charge on any atom is 0.279 e. The van der Waals surface area contributed by atoms with Crippen molar-refractivity contribution < 1.29 is 4.79 Å². The van der Waals surface area contributed by atoms with E-state index in [1.54, 1.807) is 0 Å². The molecule has 4 nitrogen and oxygen atoms in total. The molecule has 2 saturated heterocycles. The highest BCUT2D eigenvalue weighted by Gasteiger charge is 2.29. The lowest BCUT2D eigenvalue weighted by molar-refractivity contribution is 0.251. The van der Waals surface area contributed by atoms with Crippen LogP contribution in [-0.2, 0) is 0 Å². The molecular formula is C17H25Cl2N3OS. The molecule has 2 aliphatic rings. The van der Waals surface area contributed by atoms with E-state index in [9.17, 15) is 4.79 Å². The Morgan fingerprint density at radius 1 is 1.29 bits per heavy atom. The highest BCUT2D eigenvalue weighted by Crippen LogP contribution is 2.27. The summed E-state index contributed by atoms with van der Waals surface area (Å²) in [7, 11) is 0. The van der Waals surface area contributed by atoms with Crippen LogP contribution in [-0.4, -0.2) is 54.2 Å². The van der Waals surface area contributed by atoms with Crippen LogP contribution < -0.4 is 10.2 Å². The summed E-state index contributed by atoms with van der Waals surface area (Å²) in [6.45, 7) is 7.52. The van der Waals surface area contributed by atoms with Gasteiger partial charge in [0.1, 0.15) is 0 Å². The zero-order valence-corrected chi connectivity index (χ0v) is 16.3. The largest absolute Gasteiger partial charge is 0.369 e. The van der Waals surface area contributed by atoms with Crippen molar-refractivity contribution in [2.75, 3.05) is 37.6 Å². The summed E-state index contributed by atoms with van der Waals surface area (Å²) < 4.78 is 0. The van der Waals surface area contributed by atoms with Gasteiger partial charge < -0.3 is 10.2 Å². The summed E-state index contributed by atoms with van der Waals surface area (Å²) in [5.41, 5.74) is 1.22. The second-order valence-corrected chi connectivity index (χ2v) is 7.98. The second kappa shape index (κ2) is 9.18. The summed E-state index contributed by atoms with van der Waals surface area (Å²) in [6.07, 6.45) is 2.27. The fraction of sp³-hybridized carbons (Fsp3) is 0.588. The predicted molar refractivity (Wildman–Crippen MR) is 106 cm³/mol. The minimum absolute atomic E-state index is 0. The van der Waals surface area contributed by atoms with E-state index in [1.807, 2.05) is 18.2 Å². The van der Waals surface area contributed by atoms with Crippen LogP contribution in [0.15, 0.2) is 24.3 Å². The highest BCUT2D eigenvalue weighted by molar-refractivity contribution is 8.14. The molecule has 1 aromatic rings. The maximum absolute atomic E-state index is 11.4. The van der Waals surface area contributed by atoms with Crippen molar-refractivity contribution in [2.24, 2.45) is 0 Å². The van der Waals surface area contributed by atoms with Gasteiger partial charge in [0, 0.05) is 48.2 Å². The Hall–Kier alpha value is -0.620. The van der Waals surface area contributed by atoms with Gasteiger partial charge in [0.25, 0.3) is 5.24 Å². The molecule has 2 unspecified atom stereocenters. The quantitative estimate of drug-likeness (QED) is 0.828. The normalized spacial score (nSPS) is 24.6. The molecule has 24 heavy (non-hydrogen) atoms. The molecule has 3 rings (SSSR count). The minimum atomic E-state index is 0. The van der Waals surface area contributed by atoms with E-state index in [4.69, 9.17) is 11.6 Å². The highest BCUT2D eigenvalue weighted by atomic mass is 35.5. The van der Waals surface area contributed by atoms with E-state index >= 15 is 0 Å². The summed E-state index contributed by atoms with van der Waals surface area (Å²) in [5.74, 6) is 0. The van der Waals surface area contributed by atoms with Gasteiger partial charge in [0.2, 0.25) is 0 Å². The van der Waals surface area contributed by atoms with Gasteiger partial charge in [-0.3, -0.25) is 9.69 Å². The number of nitrogens with one attached hydrogen (secondary N) is 1. The van der Waals surface area contributed by atoms with Crippen LogP contribution in [0.1, 0.15) is 19.8 Å². The van der Waals surface area contributed by atoms with Crippen LogP contribution >= 0.6 is 35.8 Å². The summed E-state index contributed by atoms with van der Waals surface area (Å²) in [5, 5.41) is 4.36. The fourth-order valence-electron chi connectivity index (χ4n) is 3.28. The lowest BCUT2D eigenvalue weighted by atomic mass is 10.1. The van der Waals surface area contributed by atoms with E-state index in [-0.39, 0.29) is 17.6 Å². The number of piperazine rings is 1. The first-order chi connectivity index (χ1) is 11.1. The van der Waals surface area contributed by atoms with Crippen LogP contribution in [0.25, 0.3) is 0 Å². The zero-order chi connectivity index (χ0) is 16.2. The lowest BCUT2D eigenvalue weighted by Crippen LogP contribution is -2.46. The van der Waals surface area contributed by atoms with Gasteiger partial charge in [0.15, 0.2) is 0 Å². The van der Waals surface area contributed by atoms with Crippen LogP contribution in [0.5, 0.6) is 0 Å². The van der Waals surface area contributed by atoms with E-state index in [2.05, 4.69) is 28.1 Å². The van der Waals surface area contributed by atoms with Gasteiger partial charge in [-0.05, 0) is 44.5 Å². The smallest absolute Gasteiger partial charge is 0.279 e. The minimum Gasteiger partial charge on any atom is -0.369 e. The molecule has 1 N–H and O–H groups in total. The molecule has 7 heteroatoms. The Morgan fingerprint density at radius 2 is 2.04 bits per heavy atom. The predicted octanol–water partition coefficient (Wildman–Crippen LogP) is 3.88. The Labute approximate surface area is 159 Å². The molecule has 2 heterocycles. The van der Waals surface area contributed by atoms with Crippen LogP contribution in [0.4, 0.5) is 10.5 Å². The van der Waals surface area contributed by atoms with Crippen molar-refractivity contribution in [1.29, 1.82) is 0 Å². The number of anilines is 1. The van der Waals surface area contributed by atoms with Gasteiger partial charge in [-0.2, -0.15) is 0 Å². The number of amides is 1. The number of hydrogen-bond donors (Lipinski definition) is 1. The van der Waals surface area contributed by atoms with Crippen molar-refractivity contribution in [2.45, 2.75) is 31.1 Å². The first-order valence-electron chi connectivity index (χ1n) is 8.32. The molecule has 134 valence electrons. The average molecular weight is 390 g/mol. The second-order valence-electron chi connectivity index (χ2n) is 6.33. The Morgan fingerprint density at radius 3 is 2.67 bits per heavy atom. The summed E-state index contributed by atoms with van der Waals surface area (Å²) in [4.78, 5) is 16.3. The van der Waals surface area contributed by atoms with E-state index in [0.29, 0.717) is 11.3 Å². The van der Waals surface area contributed by atoms with Crippen LogP contribution in [0.2, 0.25) is 5.02 Å². The molecule has 1 amide bonds.